The number of ether oxygens (including phenoxy) is 2. The molecule has 3 aromatic rings. The highest BCUT2D eigenvalue weighted by molar-refractivity contribution is 7.79. The Kier molecular flexibility index (Phi) is 8.22. The molecule has 0 aliphatic carbocycles. The molecule has 1 aliphatic heterocycles. The van der Waals surface area contributed by atoms with E-state index in [2.05, 4.69) is 4.90 Å². The molecule has 1 aromatic heterocycles. The van der Waals surface area contributed by atoms with Gasteiger partial charge in [0.2, 0.25) is 5.43 Å². The van der Waals surface area contributed by atoms with Crippen LogP contribution in [0.3, 0.4) is 0 Å². The molecule has 0 radical (unpaired) electrons. The fraction of sp³-hybridized carbons (Fsp3) is 0.348. The molecule has 0 atom stereocenters. The van der Waals surface area contributed by atoms with E-state index in [1.807, 2.05) is 56.3 Å². The zero-order valence-corrected chi connectivity index (χ0v) is 19.2. The van der Waals surface area contributed by atoms with Gasteiger partial charge >= 0.3 is 10.4 Å². The van der Waals surface area contributed by atoms with E-state index >= 15 is 0 Å². The molecule has 0 unspecified atom stereocenters. The lowest BCUT2D eigenvalue weighted by atomic mass is 10.0. The Hall–Kier alpha value is -2.76. The van der Waals surface area contributed by atoms with Crippen LogP contribution < -0.4 is 10.2 Å². The van der Waals surface area contributed by atoms with Crippen molar-refractivity contribution in [3.63, 3.8) is 0 Å². The van der Waals surface area contributed by atoms with Gasteiger partial charge in [-0.25, -0.2) is 0 Å². The van der Waals surface area contributed by atoms with Crippen LogP contribution in [-0.4, -0.2) is 54.8 Å². The topological polar surface area (TPSA) is 127 Å². The SMILES string of the molecule is CC(C)Oc1ccc2c(=O)c(-c3ccccc3)coc2c1CN1CCOCC1.O=S(=O)(O)O. The molecule has 33 heavy (non-hydrogen) atoms. The van der Waals surface area contributed by atoms with Crippen molar-refractivity contribution in [1.29, 1.82) is 0 Å². The second-order valence-corrected chi connectivity index (χ2v) is 8.66. The maximum Gasteiger partial charge on any atom is 0.394 e. The van der Waals surface area contributed by atoms with Crippen LogP contribution in [0.15, 0.2) is 57.9 Å². The summed E-state index contributed by atoms with van der Waals surface area (Å²) in [5.74, 6) is 0.768. The van der Waals surface area contributed by atoms with Gasteiger partial charge < -0.3 is 13.9 Å². The maximum atomic E-state index is 13.2. The number of nitrogens with zero attached hydrogens (tertiary/aromatic N) is 1. The van der Waals surface area contributed by atoms with Gasteiger partial charge in [-0.3, -0.25) is 18.8 Å². The van der Waals surface area contributed by atoms with Crippen molar-refractivity contribution in [3.8, 4) is 16.9 Å². The molecule has 1 fully saturated rings. The van der Waals surface area contributed by atoms with Crippen molar-refractivity contribution in [3.05, 3.63) is 64.5 Å². The third kappa shape index (κ3) is 7.11. The zero-order valence-electron chi connectivity index (χ0n) is 18.4. The number of hydrogen-bond donors (Lipinski definition) is 2. The van der Waals surface area contributed by atoms with Crippen LogP contribution >= 0.6 is 0 Å². The molecule has 9 nitrogen and oxygen atoms in total. The third-order valence-electron chi connectivity index (χ3n) is 4.93. The number of rotatable bonds is 5. The first-order valence-corrected chi connectivity index (χ1v) is 11.8. The van der Waals surface area contributed by atoms with Crippen LogP contribution in [0.1, 0.15) is 19.4 Å². The second kappa shape index (κ2) is 10.9. The van der Waals surface area contributed by atoms with E-state index < -0.39 is 10.4 Å². The minimum absolute atomic E-state index is 0.0215. The Morgan fingerprint density at radius 3 is 2.30 bits per heavy atom. The van der Waals surface area contributed by atoms with Crippen LogP contribution in [0.2, 0.25) is 0 Å². The first kappa shape index (κ1) is 24.9. The number of benzene rings is 2. The summed E-state index contributed by atoms with van der Waals surface area (Å²) in [6, 6.07) is 13.3. The van der Waals surface area contributed by atoms with Crippen LogP contribution in [-0.2, 0) is 21.7 Å². The Bertz CT molecular complexity index is 1220. The van der Waals surface area contributed by atoms with Gasteiger partial charge in [0, 0.05) is 19.6 Å². The minimum Gasteiger partial charge on any atom is -0.491 e. The molecule has 2 heterocycles. The average molecular weight is 478 g/mol. The Balaban J connectivity index is 0.000000555. The van der Waals surface area contributed by atoms with Gasteiger partial charge in [0.05, 0.1) is 35.8 Å². The van der Waals surface area contributed by atoms with Crippen molar-refractivity contribution < 1.29 is 31.4 Å². The van der Waals surface area contributed by atoms with Crippen molar-refractivity contribution in [2.24, 2.45) is 0 Å². The molecule has 1 aliphatic rings. The van der Waals surface area contributed by atoms with Crippen molar-refractivity contribution in [2.45, 2.75) is 26.5 Å². The van der Waals surface area contributed by atoms with Crippen LogP contribution in [0.25, 0.3) is 22.1 Å². The molecule has 0 amide bonds. The van der Waals surface area contributed by atoms with Gasteiger partial charge in [0.15, 0.2) is 0 Å². The van der Waals surface area contributed by atoms with E-state index in [1.165, 1.54) is 0 Å². The molecule has 0 saturated carbocycles. The van der Waals surface area contributed by atoms with E-state index in [-0.39, 0.29) is 11.5 Å². The van der Waals surface area contributed by atoms with Crippen LogP contribution in [0.5, 0.6) is 5.75 Å². The van der Waals surface area contributed by atoms with Crippen molar-refractivity contribution >= 4 is 21.4 Å². The lowest BCUT2D eigenvalue weighted by molar-refractivity contribution is 0.0337. The monoisotopic (exact) mass is 477 g/mol. The Morgan fingerprint density at radius 1 is 1.06 bits per heavy atom. The summed E-state index contributed by atoms with van der Waals surface area (Å²) in [5, 5.41) is 0.584. The second-order valence-electron chi connectivity index (χ2n) is 7.77. The predicted molar refractivity (Wildman–Crippen MR) is 124 cm³/mol. The van der Waals surface area contributed by atoms with E-state index in [1.54, 1.807) is 6.26 Å². The molecule has 178 valence electrons. The highest BCUT2D eigenvalue weighted by atomic mass is 32.3. The third-order valence-corrected chi connectivity index (χ3v) is 4.93. The largest absolute Gasteiger partial charge is 0.491 e. The van der Waals surface area contributed by atoms with Crippen LogP contribution in [0, 0.1) is 0 Å². The normalized spacial score (nSPS) is 14.7. The molecule has 1 saturated heterocycles. The minimum atomic E-state index is -4.67. The van der Waals surface area contributed by atoms with E-state index in [4.69, 9.17) is 31.4 Å². The fourth-order valence-electron chi connectivity index (χ4n) is 3.55. The number of hydrogen-bond acceptors (Lipinski definition) is 7. The summed E-state index contributed by atoms with van der Waals surface area (Å²) in [5.41, 5.74) is 2.93. The smallest absolute Gasteiger partial charge is 0.394 e. The zero-order chi connectivity index (χ0) is 24.0. The van der Waals surface area contributed by atoms with Crippen LogP contribution in [0.4, 0.5) is 0 Å². The summed E-state index contributed by atoms with van der Waals surface area (Å²) in [6.07, 6.45) is 1.61. The highest BCUT2D eigenvalue weighted by Crippen LogP contribution is 2.31. The van der Waals surface area contributed by atoms with Gasteiger partial charge in [-0.1, -0.05) is 30.3 Å². The lowest BCUT2D eigenvalue weighted by Gasteiger charge is -2.27. The molecule has 4 rings (SSSR count). The predicted octanol–water partition coefficient (Wildman–Crippen LogP) is 3.43. The molecule has 10 heteroatoms. The maximum absolute atomic E-state index is 13.2. The molecular formula is C23H27NO8S. The standard InChI is InChI=1S/C23H25NO4.H2O4S/c1-16(2)28-21-9-8-18-22(25)20(17-6-4-3-5-7-17)15-27-23(18)19(21)14-24-10-12-26-13-11-24;1-5(2,3)4/h3-9,15-16H,10-14H2,1-2H3;(H2,1,2,3,4). The first-order valence-electron chi connectivity index (χ1n) is 10.4. The van der Waals surface area contributed by atoms with E-state index in [9.17, 15) is 4.79 Å². The molecule has 2 N–H and O–H groups in total. The molecule has 2 aromatic carbocycles. The van der Waals surface area contributed by atoms with Gasteiger partial charge in [-0.2, -0.15) is 8.42 Å². The van der Waals surface area contributed by atoms with Crippen molar-refractivity contribution in [2.75, 3.05) is 26.3 Å². The Labute approximate surface area is 192 Å². The summed E-state index contributed by atoms with van der Waals surface area (Å²) in [7, 11) is -4.67. The van der Waals surface area contributed by atoms with Gasteiger partial charge in [-0.05, 0) is 31.5 Å². The lowest BCUT2D eigenvalue weighted by Crippen LogP contribution is -2.35. The average Bonchev–Trinajstić information content (AvgIpc) is 2.75. The molecule has 0 spiro atoms. The summed E-state index contributed by atoms with van der Waals surface area (Å²) < 4.78 is 49.1. The summed E-state index contributed by atoms with van der Waals surface area (Å²) in [6.45, 7) is 7.79. The quantitative estimate of drug-likeness (QED) is 0.531. The Morgan fingerprint density at radius 2 is 1.70 bits per heavy atom. The summed E-state index contributed by atoms with van der Waals surface area (Å²) in [4.78, 5) is 15.5. The fourth-order valence-corrected chi connectivity index (χ4v) is 3.55. The van der Waals surface area contributed by atoms with Gasteiger partial charge in [0.25, 0.3) is 0 Å². The van der Waals surface area contributed by atoms with Crippen molar-refractivity contribution in [1.82, 2.24) is 4.90 Å². The highest BCUT2D eigenvalue weighted by Gasteiger charge is 2.20. The molecule has 0 bridgehead atoms. The summed E-state index contributed by atoms with van der Waals surface area (Å²) >= 11 is 0. The molecular weight excluding hydrogens is 450 g/mol. The van der Waals surface area contributed by atoms with Gasteiger partial charge in [-0.15, -0.1) is 0 Å². The van der Waals surface area contributed by atoms with Gasteiger partial charge in [0.1, 0.15) is 17.6 Å². The van der Waals surface area contributed by atoms with E-state index in [0.717, 1.165) is 30.0 Å². The first-order chi connectivity index (χ1) is 15.6. The number of morpholine rings is 1. The number of fused-ring (bicyclic) bond motifs is 1. The van der Waals surface area contributed by atoms with E-state index in [0.29, 0.717) is 36.3 Å².